The normalized spacial score (nSPS) is 23.8. The molecule has 0 unspecified atom stereocenters. The number of ether oxygens (including phenoxy) is 2. The second-order valence-corrected chi connectivity index (χ2v) is 9.39. The van der Waals surface area contributed by atoms with Crippen molar-refractivity contribution in [2.24, 2.45) is 0 Å². The summed E-state index contributed by atoms with van der Waals surface area (Å²) in [7, 11) is 5.12. The summed E-state index contributed by atoms with van der Waals surface area (Å²) in [6, 6.07) is 5.31. The number of nitrogens with one attached hydrogen (secondary N) is 3. The second-order valence-electron chi connectivity index (χ2n) is 9.39. The number of carbonyl (C=O) groups excluding carboxylic acids is 1. The summed E-state index contributed by atoms with van der Waals surface area (Å²) in [6.45, 7) is 0. The molecule has 3 N–H and O–H groups in total. The van der Waals surface area contributed by atoms with Crippen molar-refractivity contribution in [2.45, 2.75) is 62.8 Å². The summed E-state index contributed by atoms with van der Waals surface area (Å²) >= 11 is 0. The van der Waals surface area contributed by atoms with Crippen LogP contribution in [0.15, 0.2) is 35.4 Å². The lowest BCUT2D eigenvalue weighted by atomic mass is 9.89. The Hall–Kier alpha value is -3.44. The standard InChI is InChI=1S/C25H33N7O4/c1-26-22-13-21(28-17-7-6-12-31(25(17)34)18-8-4-5-9-20(18)36-3)30-23-15(14-27-32(22)23)24(33)29-16-10-11-19(16)35-2/h6-7,12-14,16,18-20,26H,4-5,8-11H2,1-3H3,(H,28,30)(H,29,33)/t16-,18-,19-,20+/m0/s1. The molecule has 2 saturated carbocycles. The van der Waals surface area contributed by atoms with Crippen molar-refractivity contribution in [1.82, 2.24) is 24.5 Å². The van der Waals surface area contributed by atoms with Gasteiger partial charge in [-0.3, -0.25) is 9.59 Å². The van der Waals surface area contributed by atoms with Crippen molar-refractivity contribution >= 4 is 28.9 Å². The van der Waals surface area contributed by atoms with E-state index in [2.05, 4.69) is 26.0 Å². The molecule has 4 atom stereocenters. The summed E-state index contributed by atoms with van der Waals surface area (Å²) in [5, 5.41) is 13.6. The van der Waals surface area contributed by atoms with E-state index in [4.69, 9.17) is 9.47 Å². The van der Waals surface area contributed by atoms with Gasteiger partial charge < -0.3 is 30.0 Å². The highest BCUT2D eigenvalue weighted by atomic mass is 16.5. The molecule has 192 valence electrons. The number of amides is 1. The van der Waals surface area contributed by atoms with Crippen LogP contribution < -0.4 is 21.5 Å². The van der Waals surface area contributed by atoms with Gasteiger partial charge in [0.05, 0.1) is 30.5 Å². The lowest BCUT2D eigenvalue weighted by Gasteiger charge is -2.35. The van der Waals surface area contributed by atoms with Crippen LogP contribution >= 0.6 is 0 Å². The minimum absolute atomic E-state index is 0.00568. The molecule has 5 rings (SSSR count). The molecule has 2 aliphatic rings. The molecule has 3 aromatic rings. The van der Waals surface area contributed by atoms with Crippen molar-refractivity contribution in [3.05, 3.63) is 46.5 Å². The Bertz CT molecular complexity index is 1300. The van der Waals surface area contributed by atoms with Gasteiger partial charge >= 0.3 is 0 Å². The largest absolute Gasteiger partial charge is 0.379 e. The fraction of sp³-hybridized carbons (Fsp3) is 0.520. The van der Waals surface area contributed by atoms with E-state index in [9.17, 15) is 9.59 Å². The molecule has 0 saturated heterocycles. The first-order chi connectivity index (χ1) is 17.5. The van der Waals surface area contributed by atoms with Gasteiger partial charge in [-0.2, -0.15) is 9.61 Å². The summed E-state index contributed by atoms with van der Waals surface area (Å²) in [5.74, 6) is 0.804. The number of hydrogen-bond acceptors (Lipinski definition) is 8. The number of aromatic nitrogens is 4. The first kappa shape index (κ1) is 24.3. The molecular weight excluding hydrogens is 462 g/mol. The summed E-state index contributed by atoms with van der Waals surface area (Å²) in [6.07, 6.45) is 9.16. The monoisotopic (exact) mass is 495 g/mol. The van der Waals surface area contributed by atoms with E-state index in [1.165, 1.54) is 6.20 Å². The molecule has 0 bridgehead atoms. The van der Waals surface area contributed by atoms with Crippen LogP contribution in [-0.4, -0.2) is 64.6 Å². The molecule has 2 fully saturated rings. The van der Waals surface area contributed by atoms with E-state index in [0.29, 0.717) is 28.5 Å². The molecule has 1 amide bonds. The van der Waals surface area contributed by atoms with Crippen LogP contribution in [0.4, 0.5) is 17.3 Å². The highest BCUT2D eigenvalue weighted by Crippen LogP contribution is 2.30. The number of rotatable bonds is 8. The van der Waals surface area contributed by atoms with Gasteiger partial charge in [-0.05, 0) is 37.8 Å². The highest BCUT2D eigenvalue weighted by Gasteiger charge is 2.33. The zero-order chi connectivity index (χ0) is 25.2. The molecule has 0 aliphatic heterocycles. The van der Waals surface area contributed by atoms with Gasteiger partial charge in [-0.25, -0.2) is 4.98 Å². The van der Waals surface area contributed by atoms with Crippen LogP contribution in [0.1, 0.15) is 54.9 Å². The van der Waals surface area contributed by atoms with Crippen molar-refractivity contribution in [1.29, 1.82) is 0 Å². The molecule has 0 spiro atoms. The number of methoxy groups -OCH3 is 2. The van der Waals surface area contributed by atoms with Crippen LogP contribution in [0.3, 0.4) is 0 Å². The fourth-order valence-electron chi connectivity index (χ4n) is 5.20. The zero-order valence-corrected chi connectivity index (χ0v) is 20.9. The number of nitrogens with zero attached hydrogens (tertiary/aromatic N) is 4. The van der Waals surface area contributed by atoms with Gasteiger partial charge in [0.1, 0.15) is 22.9 Å². The predicted molar refractivity (Wildman–Crippen MR) is 136 cm³/mol. The van der Waals surface area contributed by atoms with Gasteiger partial charge in [0.2, 0.25) is 0 Å². The van der Waals surface area contributed by atoms with E-state index in [-0.39, 0.29) is 35.8 Å². The third kappa shape index (κ3) is 4.44. The molecule has 3 aromatic heterocycles. The van der Waals surface area contributed by atoms with Crippen molar-refractivity contribution in [3.63, 3.8) is 0 Å². The van der Waals surface area contributed by atoms with Crippen LogP contribution in [-0.2, 0) is 9.47 Å². The third-order valence-electron chi connectivity index (χ3n) is 7.37. The van der Waals surface area contributed by atoms with Gasteiger partial charge in [0.25, 0.3) is 11.5 Å². The molecule has 36 heavy (non-hydrogen) atoms. The third-order valence-corrected chi connectivity index (χ3v) is 7.37. The Kier molecular flexibility index (Phi) is 6.92. The second kappa shape index (κ2) is 10.3. The van der Waals surface area contributed by atoms with Crippen molar-refractivity contribution < 1.29 is 14.3 Å². The number of anilines is 3. The van der Waals surface area contributed by atoms with E-state index < -0.39 is 0 Å². The van der Waals surface area contributed by atoms with Gasteiger partial charge in [-0.1, -0.05) is 12.8 Å². The van der Waals surface area contributed by atoms with E-state index in [0.717, 1.165) is 38.5 Å². The SMILES string of the molecule is CNc1cc(Nc2cccn([C@H]3CCCC[C@H]3OC)c2=O)nc2c(C(=O)N[C@H]3CC[C@@H]3OC)cnn12. The Balaban J connectivity index is 1.45. The van der Waals surface area contributed by atoms with Crippen molar-refractivity contribution in [3.8, 4) is 0 Å². The highest BCUT2D eigenvalue weighted by molar-refractivity contribution is 6.00. The zero-order valence-electron chi connectivity index (χ0n) is 20.9. The minimum atomic E-state index is -0.256. The van der Waals surface area contributed by atoms with Crippen LogP contribution in [0.5, 0.6) is 0 Å². The average molecular weight is 496 g/mol. The van der Waals surface area contributed by atoms with Gasteiger partial charge in [0.15, 0.2) is 5.65 Å². The maximum absolute atomic E-state index is 13.4. The number of carbonyl (C=O) groups is 1. The van der Waals surface area contributed by atoms with Crippen LogP contribution in [0, 0.1) is 0 Å². The topological polar surface area (TPSA) is 124 Å². The molecule has 2 aliphatic carbocycles. The summed E-state index contributed by atoms with van der Waals surface area (Å²) < 4.78 is 14.4. The number of fused-ring (bicyclic) bond motifs is 1. The quantitative estimate of drug-likeness (QED) is 0.436. The van der Waals surface area contributed by atoms with Crippen LogP contribution in [0.25, 0.3) is 5.65 Å². The molecule has 0 aromatic carbocycles. The lowest BCUT2D eigenvalue weighted by molar-refractivity contribution is 0.00732. The summed E-state index contributed by atoms with van der Waals surface area (Å²) in [4.78, 5) is 31.1. The first-order valence-corrected chi connectivity index (χ1v) is 12.4. The Morgan fingerprint density at radius 1 is 1.11 bits per heavy atom. The molecular formula is C25H33N7O4. The van der Waals surface area contributed by atoms with Gasteiger partial charge in [0, 0.05) is 33.5 Å². The fourth-order valence-corrected chi connectivity index (χ4v) is 5.20. The Morgan fingerprint density at radius 2 is 1.92 bits per heavy atom. The first-order valence-electron chi connectivity index (χ1n) is 12.4. The van der Waals surface area contributed by atoms with Gasteiger partial charge in [-0.15, -0.1) is 0 Å². The van der Waals surface area contributed by atoms with Crippen molar-refractivity contribution in [2.75, 3.05) is 31.9 Å². The van der Waals surface area contributed by atoms with E-state index in [1.54, 1.807) is 42.5 Å². The Morgan fingerprint density at radius 3 is 2.64 bits per heavy atom. The summed E-state index contributed by atoms with van der Waals surface area (Å²) in [5.41, 5.74) is 1.01. The number of hydrogen-bond donors (Lipinski definition) is 3. The smallest absolute Gasteiger partial charge is 0.274 e. The van der Waals surface area contributed by atoms with E-state index in [1.807, 2.05) is 12.3 Å². The molecule has 0 radical (unpaired) electrons. The number of pyridine rings is 1. The molecule has 11 nitrogen and oxygen atoms in total. The molecule has 11 heteroatoms. The lowest BCUT2D eigenvalue weighted by Crippen LogP contribution is -2.51. The minimum Gasteiger partial charge on any atom is -0.379 e. The predicted octanol–water partition coefficient (Wildman–Crippen LogP) is 2.71. The molecule has 3 heterocycles. The maximum Gasteiger partial charge on any atom is 0.274 e. The van der Waals surface area contributed by atoms with Crippen LogP contribution in [0.2, 0.25) is 0 Å². The maximum atomic E-state index is 13.4. The average Bonchev–Trinajstić information content (AvgIpc) is 3.31. The van der Waals surface area contributed by atoms with E-state index >= 15 is 0 Å². The Labute approximate surface area is 209 Å².